The van der Waals surface area contributed by atoms with Gasteiger partial charge in [0.2, 0.25) is 0 Å². The Balaban J connectivity index is 2.29. The highest BCUT2D eigenvalue weighted by molar-refractivity contribution is 6.00. The molecule has 0 saturated carbocycles. The van der Waals surface area contributed by atoms with Gasteiger partial charge < -0.3 is 14.6 Å². The summed E-state index contributed by atoms with van der Waals surface area (Å²) >= 11 is 0. The Morgan fingerprint density at radius 1 is 1.16 bits per heavy atom. The first kappa shape index (κ1) is 18.7. The molecule has 0 fully saturated rings. The normalized spacial score (nSPS) is 12.1. The number of ether oxygens (including phenoxy) is 1. The van der Waals surface area contributed by atoms with Gasteiger partial charge in [0.1, 0.15) is 5.69 Å². The average Bonchev–Trinajstić information content (AvgIpc) is 2.87. The van der Waals surface area contributed by atoms with Crippen LogP contribution in [0.4, 0.5) is 0 Å². The van der Waals surface area contributed by atoms with Crippen LogP contribution in [0.3, 0.4) is 0 Å². The van der Waals surface area contributed by atoms with Gasteiger partial charge in [-0.2, -0.15) is 0 Å². The van der Waals surface area contributed by atoms with Crippen LogP contribution in [-0.4, -0.2) is 39.9 Å². The van der Waals surface area contributed by atoms with E-state index >= 15 is 0 Å². The van der Waals surface area contributed by atoms with E-state index in [2.05, 4.69) is 9.97 Å². The van der Waals surface area contributed by atoms with Gasteiger partial charge in [-0.15, -0.1) is 0 Å². The molecule has 1 N–H and O–H groups in total. The van der Waals surface area contributed by atoms with E-state index in [9.17, 15) is 9.59 Å². The minimum absolute atomic E-state index is 0.121. The van der Waals surface area contributed by atoms with Gasteiger partial charge in [0.15, 0.2) is 0 Å². The Morgan fingerprint density at radius 3 is 2.32 bits per heavy atom. The van der Waals surface area contributed by atoms with Gasteiger partial charge >= 0.3 is 5.97 Å². The van der Waals surface area contributed by atoms with E-state index < -0.39 is 5.97 Å². The SMILES string of the molecule is Cc1[nH]c(C(=O)N(C)C(C)c2ccncc2)c(C)c1C(=O)OC(C)C. The number of esters is 1. The first-order valence-corrected chi connectivity index (χ1v) is 8.31. The van der Waals surface area contributed by atoms with Crippen molar-refractivity contribution in [3.63, 3.8) is 0 Å². The summed E-state index contributed by atoms with van der Waals surface area (Å²) in [5, 5.41) is 0. The third kappa shape index (κ3) is 3.90. The Labute approximate surface area is 148 Å². The van der Waals surface area contributed by atoms with E-state index in [1.54, 1.807) is 52.0 Å². The van der Waals surface area contributed by atoms with Crippen molar-refractivity contribution in [2.24, 2.45) is 0 Å². The summed E-state index contributed by atoms with van der Waals surface area (Å²) in [4.78, 5) is 33.9. The summed E-state index contributed by atoms with van der Waals surface area (Å²) in [7, 11) is 1.75. The molecule has 25 heavy (non-hydrogen) atoms. The fourth-order valence-corrected chi connectivity index (χ4v) is 2.76. The van der Waals surface area contributed by atoms with Crippen LogP contribution < -0.4 is 0 Å². The van der Waals surface area contributed by atoms with Crippen LogP contribution >= 0.6 is 0 Å². The molecule has 0 aliphatic rings. The molecule has 1 amide bonds. The molecule has 6 heteroatoms. The van der Waals surface area contributed by atoms with Crippen molar-refractivity contribution in [2.45, 2.75) is 46.8 Å². The monoisotopic (exact) mass is 343 g/mol. The molecule has 0 saturated heterocycles. The lowest BCUT2D eigenvalue weighted by Gasteiger charge is -2.25. The zero-order chi connectivity index (χ0) is 18.7. The van der Waals surface area contributed by atoms with E-state index in [1.165, 1.54) is 0 Å². The molecule has 0 aliphatic carbocycles. The fourth-order valence-electron chi connectivity index (χ4n) is 2.76. The smallest absolute Gasteiger partial charge is 0.340 e. The third-order valence-corrected chi connectivity index (χ3v) is 4.29. The van der Waals surface area contributed by atoms with E-state index in [0.717, 1.165) is 5.56 Å². The summed E-state index contributed by atoms with van der Waals surface area (Å²) in [6.45, 7) is 9.08. The average molecular weight is 343 g/mol. The number of aromatic amines is 1. The molecule has 2 aromatic rings. The lowest BCUT2D eigenvalue weighted by atomic mass is 10.1. The Kier molecular flexibility index (Phi) is 5.62. The number of carbonyl (C=O) groups excluding carboxylic acids is 2. The zero-order valence-electron chi connectivity index (χ0n) is 15.6. The molecule has 134 valence electrons. The number of aryl methyl sites for hydroxylation is 1. The third-order valence-electron chi connectivity index (χ3n) is 4.29. The van der Waals surface area contributed by atoms with Crippen molar-refractivity contribution < 1.29 is 14.3 Å². The number of nitrogens with zero attached hydrogens (tertiary/aromatic N) is 2. The molecular formula is C19H25N3O3. The Bertz CT molecular complexity index is 766. The molecule has 2 aromatic heterocycles. The van der Waals surface area contributed by atoms with Gasteiger partial charge in [-0.1, -0.05) is 0 Å². The molecule has 0 aromatic carbocycles. The summed E-state index contributed by atoms with van der Waals surface area (Å²) in [6, 6.07) is 3.64. The van der Waals surface area contributed by atoms with Crippen molar-refractivity contribution in [3.05, 3.63) is 52.6 Å². The minimum Gasteiger partial charge on any atom is -0.459 e. The molecule has 2 heterocycles. The first-order valence-electron chi connectivity index (χ1n) is 8.31. The standard InChI is InChI=1S/C19H25N3O3/c1-11(2)25-19(24)16-12(3)17(21-13(16)4)18(23)22(6)14(5)15-7-9-20-10-8-15/h7-11,14,21H,1-6H3. The molecule has 1 atom stereocenters. The highest BCUT2D eigenvalue weighted by Crippen LogP contribution is 2.24. The predicted molar refractivity (Wildman–Crippen MR) is 95.6 cm³/mol. The van der Waals surface area contributed by atoms with Crippen LogP contribution in [0.2, 0.25) is 0 Å². The van der Waals surface area contributed by atoms with E-state index in [-0.39, 0.29) is 18.1 Å². The number of carbonyl (C=O) groups is 2. The molecule has 6 nitrogen and oxygen atoms in total. The quantitative estimate of drug-likeness (QED) is 0.844. The van der Waals surface area contributed by atoms with Gasteiger partial charge in [0, 0.05) is 25.1 Å². The Hall–Kier alpha value is -2.63. The van der Waals surface area contributed by atoms with Gasteiger partial charge in [-0.05, 0) is 57.9 Å². The second kappa shape index (κ2) is 7.51. The minimum atomic E-state index is -0.412. The van der Waals surface area contributed by atoms with Crippen LogP contribution in [0.25, 0.3) is 0 Å². The predicted octanol–water partition coefficient (Wildman–Crippen LogP) is 3.42. The van der Waals surface area contributed by atoms with Crippen LogP contribution in [0.5, 0.6) is 0 Å². The van der Waals surface area contributed by atoms with E-state index in [1.807, 2.05) is 19.1 Å². The number of rotatable bonds is 5. The zero-order valence-corrected chi connectivity index (χ0v) is 15.6. The topological polar surface area (TPSA) is 75.3 Å². The van der Waals surface area contributed by atoms with Crippen molar-refractivity contribution in [2.75, 3.05) is 7.05 Å². The van der Waals surface area contributed by atoms with Crippen molar-refractivity contribution in [1.29, 1.82) is 0 Å². The van der Waals surface area contributed by atoms with Crippen molar-refractivity contribution >= 4 is 11.9 Å². The summed E-state index contributed by atoms with van der Waals surface area (Å²) in [5.74, 6) is -0.585. The summed E-state index contributed by atoms with van der Waals surface area (Å²) < 4.78 is 5.28. The van der Waals surface area contributed by atoms with Crippen LogP contribution in [0.1, 0.15) is 64.5 Å². The number of hydrogen-bond donors (Lipinski definition) is 1. The summed E-state index contributed by atoms with van der Waals surface area (Å²) in [5.41, 5.74) is 3.09. The fraction of sp³-hybridized carbons (Fsp3) is 0.421. The number of nitrogens with one attached hydrogen (secondary N) is 1. The molecule has 0 bridgehead atoms. The lowest BCUT2D eigenvalue weighted by molar-refractivity contribution is 0.0376. The highest BCUT2D eigenvalue weighted by Gasteiger charge is 2.27. The van der Waals surface area contributed by atoms with Gasteiger partial charge in [-0.25, -0.2) is 4.79 Å². The molecule has 2 rings (SSSR count). The summed E-state index contributed by atoms with van der Waals surface area (Å²) in [6.07, 6.45) is 3.19. The lowest BCUT2D eigenvalue weighted by Crippen LogP contribution is -2.30. The Morgan fingerprint density at radius 2 is 1.76 bits per heavy atom. The largest absolute Gasteiger partial charge is 0.459 e. The molecule has 0 spiro atoms. The van der Waals surface area contributed by atoms with Gasteiger partial charge in [-0.3, -0.25) is 9.78 Å². The second-order valence-corrected chi connectivity index (χ2v) is 6.45. The maximum absolute atomic E-state index is 12.9. The van der Waals surface area contributed by atoms with Crippen LogP contribution in [0, 0.1) is 13.8 Å². The number of H-pyrrole nitrogens is 1. The van der Waals surface area contributed by atoms with Gasteiger partial charge in [0.05, 0.1) is 17.7 Å². The number of pyridine rings is 1. The van der Waals surface area contributed by atoms with Crippen LogP contribution in [0.15, 0.2) is 24.5 Å². The molecular weight excluding hydrogens is 318 g/mol. The molecule has 1 unspecified atom stereocenters. The maximum atomic E-state index is 12.9. The maximum Gasteiger partial charge on any atom is 0.340 e. The van der Waals surface area contributed by atoms with Crippen molar-refractivity contribution in [3.8, 4) is 0 Å². The van der Waals surface area contributed by atoms with Crippen molar-refractivity contribution in [1.82, 2.24) is 14.9 Å². The second-order valence-electron chi connectivity index (χ2n) is 6.45. The number of amides is 1. The van der Waals surface area contributed by atoms with Gasteiger partial charge in [0.25, 0.3) is 5.91 Å². The molecule has 0 radical (unpaired) electrons. The number of hydrogen-bond acceptors (Lipinski definition) is 4. The molecule has 0 aliphatic heterocycles. The van der Waals surface area contributed by atoms with E-state index in [0.29, 0.717) is 22.5 Å². The number of aromatic nitrogens is 2. The van der Waals surface area contributed by atoms with E-state index in [4.69, 9.17) is 4.74 Å². The highest BCUT2D eigenvalue weighted by atomic mass is 16.5. The van der Waals surface area contributed by atoms with Crippen LogP contribution in [-0.2, 0) is 4.74 Å². The first-order chi connectivity index (χ1) is 11.7.